The molecule has 5 nitrogen and oxygen atoms in total. The Balaban J connectivity index is 1.62. The number of anilines is 2. The molecule has 1 saturated heterocycles. The summed E-state index contributed by atoms with van der Waals surface area (Å²) in [5.41, 5.74) is 3.98. The first-order valence-corrected chi connectivity index (χ1v) is 9.23. The number of rotatable bonds is 5. The molecule has 0 radical (unpaired) electrons. The number of benzene rings is 1. The van der Waals surface area contributed by atoms with E-state index in [2.05, 4.69) is 27.3 Å². The number of pyridine rings is 1. The molecular formula is C20H25N3O2. The van der Waals surface area contributed by atoms with Gasteiger partial charge in [0.2, 0.25) is 5.91 Å². The average molecular weight is 339 g/mol. The zero-order chi connectivity index (χ0) is 17.4. The van der Waals surface area contributed by atoms with Crippen molar-refractivity contribution < 1.29 is 9.53 Å². The number of aromatic nitrogens is 1. The van der Waals surface area contributed by atoms with Crippen LogP contribution in [0.15, 0.2) is 24.3 Å². The number of fused-ring (bicyclic) bond motifs is 1. The average Bonchev–Trinajstić information content (AvgIpc) is 3.34. The van der Waals surface area contributed by atoms with Gasteiger partial charge in [-0.2, -0.15) is 0 Å². The topological polar surface area (TPSA) is 54.5 Å². The van der Waals surface area contributed by atoms with Crippen molar-refractivity contribution in [1.29, 1.82) is 0 Å². The zero-order valence-corrected chi connectivity index (χ0v) is 14.9. The third-order valence-electron chi connectivity index (χ3n) is 5.02. The minimum Gasteiger partial charge on any atom is -0.377 e. The Morgan fingerprint density at radius 1 is 1.32 bits per heavy atom. The van der Waals surface area contributed by atoms with Crippen LogP contribution in [0.25, 0.3) is 10.9 Å². The standard InChI is InChI=1S/C20H25N3O2/c1-3-25-16-8-9-23(12-16)19-10-13(2)21-18-11-15(6-7-17(18)19)22-20(24)14-4-5-14/h6-7,10-11,14,16H,3-5,8-9,12H2,1-2H3,(H,22,24). The van der Waals surface area contributed by atoms with Crippen molar-refractivity contribution in [2.75, 3.05) is 29.9 Å². The predicted molar refractivity (Wildman–Crippen MR) is 100 cm³/mol. The lowest BCUT2D eigenvalue weighted by atomic mass is 10.1. The summed E-state index contributed by atoms with van der Waals surface area (Å²) in [5.74, 6) is 0.336. The molecule has 132 valence electrons. The SMILES string of the molecule is CCOC1CCN(c2cc(C)nc3cc(NC(=O)C4CC4)ccc23)C1. The molecule has 1 N–H and O–H groups in total. The van der Waals surface area contributed by atoms with Crippen molar-refractivity contribution in [3.63, 3.8) is 0 Å². The first-order valence-electron chi connectivity index (χ1n) is 9.23. The van der Waals surface area contributed by atoms with Crippen LogP contribution in [0.1, 0.15) is 31.9 Å². The summed E-state index contributed by atoms with van der Waals surface area (Å²) in [7, 11) is 0. The predicted octanol–water partition coefficient (Wildman–Crippen LogP) is 3.51. The number of carbonyl (C=O) groups excluding carboxylic acids is 1. The van der Waals surface area contributed by atoms with Gasteiger partial charge in [0, 0.05) is 48.1 Å². The molecule has 4 rings (SSSR count). The molecule has 1 aliphatic carbocycles. The van der Waals surface area contributed by atoms with Crippen LogP contribution in [-0.4, -0.2) is 36.7 Å². The molecule has 1 aromatic carbocycles. The van der Waals surface area contributed by atoms with Gasteiger partial charge in [0.05, 0.1) is 11.6 Å². The van der Waals surface area contributed by atoms with Crippen molar-refractivity contribution in [1.82, 2.24) is 4.98 Å². The van der Waals surface area contributed by atoms with Crippen LogP contribution in [0.3, 0.4) is 0 Å². The highest BCUT2D eigenvalue weighted by Crippen LogP contribution is 2.33. The summed E-state index contributed by atoms with van der Waals surface area (Å²) < 4.78 is 5.78. The monoisotopic (exact) mass is 339 g/mol. The van der Waals surface area contributed by atoms with E-state index in [1.165, 1.54) is 5.69 Å². The maximum absolute atomic E-state index is 12.0. The van der Waals surface area contributed by atoms with Crippen LogP contribution in [0, 0.1) is 12.8 Å². The van der Waals surface area contributed by atoms with Gasteiger partial charge in [-0.05, 0) is 57.4 Å². The van der Waals surface area contributed by atoms with Crippen molar-refractivity contribution in [2.45, 2.75) is 39.2 Å². The third-order valence-corrected chi connectivity index (χ3v) is 5.02. The summed E-state index contributed by atoms with van der Waals surface area (Å²) in [6, 6.07) is 8.20. The Hall–Kier alpha value is -2.14. The lowest BCUT2D eigenvalue weighted by Gasteiger charge is -2.21. The van der Waals surface area contributed by atoms with Gasteiger partial charge in [-0.3, -0.25) is 9.78 Å². The van der Waals surface area contributed by atoms with Gasteiger partial charge in [-0.15, -0.1) is 0 Å². The van der Waals surface area contributed by atoms with Crippen molar-refractivity contribution in [3.05, 3.63) is 30.0 Å². The van der Waals surface area contributed by atoms with E-state index in [1.54, 1.807) is 0 Å². The molecule has 2 heterocycles. The molecule has 2 aromatic rings. The summed E-state index contributed by atoms with van der Waals surface area (Å²) in [5, 5.41) is 4.15. The second-order valence-electron chi connectivity index (χ2n) is 7.09. The Bertz CT molecular complexity index is 801. The number of nitrogens with zero attached hydrogens (tertiary/aromatic N) is 2. The first kappa shape index (κ1) is 16.3. The van der Waals surface area contributed by atoms with E-state index >= 15 is 0 Å². The smallest absolute Gasteiger partial charge is 0.227 e. The molecule has 1 saturated carbocycles. The highest BCUT2D eigenvalue weighted by Gasteiger charge is 2.29. The molecule has 1 unspecified atom stereocenters. The summed E-state index contributed by atoms with van der Waals surface area (Å²) in [6.45, 7) is 6.76. The number of nitrogens with one attached hydrogen (secondary N) is 1. The van der Waals surface area contributed by atoms with E-state index in [0.29, 0.717) is 6.10 Å². The Labute approximate surface area is 148 Å². The van der Waals surface area contributed by atoms with E-state index in [4.69, 9.17) is 4.74 Å². The molecule has 1 atom stereocenters. The fraction of sp³-hybridized carbons (Fsp3) is 0.500. The highest BCUT2D eigenvalue weighted by atomic mass is 16.5. The van der Waals surface area contributed by atoms with Crippen LogP contribution < -0.4 is 10.2 Å². The van der Waals surface area contributed by atoms with Crippen molar-refractivity contribution in [3.8, 4) is 0 Å². The van der Waals surface area contributed by atoms with Gasteiger partial charge < -0.3 is 15.0 Å². The van der Waals surface area contributed by atoms with Gasteiger partial charge in [-0.1, -0.05) is 0 Å². The van der Waals surface area contributed by atoms with Crippen molar-refractivity contribution >= 4 is 28.2 Å². The Morgan fingerprint density at radius 3 is 2.92 bits per heavy atom. The lowest BCUT2D eigenvalue weighted by Crippen LogP contribution is -2.23. The van der Waals surface area contributed by atoms with E-state index in [9.17, 15) is 4.79 Å². The zero-order valence-electron chi connectivity index (χ0n) is 14.9. The van der Waals surface area contributed by atoms with Gasteiger partial charge in [-0.25, -0.2) is 0 Å². The normalized spacial score (nSPS) is 20.2. The fourth-order valence-corrected chi connectivity index (χ4v) is 3.59. The molecule has 0 spiro atoms. The maximum Gasteiger partial charge on any atom is 0.227 e. The first-order chi connectivity index (χ1) is 12.1. The maximum atomic E-state index is 12.0. The number of carbonyl (C=O) groups is 1. The van der Waals surface area contributed by atoms with Crippen LogP contribution in [0.4, 0.5) is 11.4 Å². The lowest BCUT2D eigenvalue weighted by molar-refractivity contribution is -0.117. The van der Waals surface area contributed by atoms with E-state index < -0.39 is 0 Å². The minimum atomic E-state index is 0.131. The molecule has 2 fully saturated rings. The highest BCUT2D eigenvalue weighted by molar-refractivity contribution is 5.98. The quantitative estimate of drug-likeness (QED) is 0.906. The summed E-state index contributed by atoms with van der Waals surface area (Å²) >= 11 is 0. The minimum absolute atomic E-state index is 0.131. The number of hydrogen-bond acceptors (Lipinski definition) is 4. The van der Waals surface area contributed by atoms with Crippen LogP contribution in [0.2, 0.25) is 0 Å². The molecule has 0 bridgehead atoms. The van der Waals surface area contributed by atoms with Crippen LogP contribution >= 0.6 is 0 Å². The third kappa shape index (κ3) is 3.47. The second-order valence-corrected chi connectivity index (χ2v) is 7.09. The van der Waals surface area contributed by atoms with E-state index in [-0.39, 0.29) is 11.8 Å². The van der Waals surface area contributed by atoms with Gasteiger partial charge in [0.25, 0.3) is 0 Å². The second kappa shape index (κ2) is 6.64. The number of aryl methyl sites for hydroxylation is 1. The number of hydrogen-bond donors (Lipinski definition) is 1. The Morgan fingerprint density at radius 2 is 2.16 bits per heavy atom. The number of ether oxygens (including phenoxy) is 1. The molecule has 1 aromatic heterocycles. The van der Waals surface area contributed by atoms with E-state index in [0.717, 1.165) is 61.2 Å². The molecule has 1 aliphatic heterocycles. The van der Waals surface area contributed by atoms with Crippen molar-refractivity contribution in [2.24, 2.45) is 5.92 Å². The van der Waals surface area contributed by atoms with Gasteiger partial charge in [0.1, 0.15) is 0 Å². The fourth-order valence-electron chi connectivity index (χ4n) is 3.59. The van der Waals surface area contributed by atoms with Gasteiger partial charge >= 0.3 is 0 Å². The molecule has 25 heavy (non-hydrogen) atoms. The molecule has 5 heteroatoms. The van der Waals surface area contributed by atoms with Gasteiger partial charge in [0.15, 0.2) is 0 Å². The Kier molecular flexibility index (Phi) is 4.34. The molecule has 2 aliphatic rings. The summed E-state index contributed by atoms with van der Waals surface area (Å²) in [4.78, 5) is 19.1. The molecular weight excluding hydrogens is 314 g/mol. The number of amides is 1. The summed E-state index contributed by atoms with van der Waals surface area (Å²) in [6.07, 6.45) is 3.39. The van der Waals surface area contributed by atoms with Crippen LogP contribution in [0.5, 0.6) is 0 Å². The molecule has 1 amide bonds. The largest absolute Gasteiger partial charge is 0.377 e. The van der Waals surface area contributed by atoms with Crippen LogP contribution in [-0.2, 0) is 9.53 Å². The van der Waals surface area contributed by atoms with E-state index in [1.807, 2.05) is 26.0 Å².